The molecule has 4 aliphatic rings. The van der Waals surface area contributed by atoms with Crippen LogP contribution in [0.25, 0.3) is 6.08 Å². The van der Waals surface area contributed by atoms with Gasteiger partial charge in [0, 0.05) is 62.3 Å². The molecule has 2 aliphatic carbocycles. The third-order valence-corrected chi connectivity index (χ3v) is 12.9. The molecule has 346 valence electrons. The highest BCUT2D eigenvalue weighted by molar-refractivity contribution is 6.03. The lowest BCUT2D eigenvalue weighted by Crippen LogP contribution is -2.70. The van der Waals surface area contributed by atoms with E-state index in [1.165, 1.54) is 30.3 Å². The van der Waals surface area contributed by atoms with E-state index in [1.807, 2.05) is 18.2 Å². The molecule has 2 N–H and O–H groups in total. The Labute approximate surface area is 380 Å². The van der Waals surface area contributed by atoms with Gasteiger partial charge >= 0.3 is 0 Å². The highest BCUT2D eigenvalue weighted by Crippen LogP contribution is 2.62. The number of allylic oxidation sites excluding steroid dienone is 1. The number of non-ortho nitro benzene ring substituents is 1. The van der Waals surface area contributed by atoms with Crippen molar-refractivity contribution in [3.05, 3.63) is 142 Å². The number of aliphatic hydroxyl groups is 2. The van der Waals surface area contributed by atoms with E-state index >= 15 is 4.79 Å². The Morgan fingerprint density at radius 1 is 0.985 bits per heavy atom. The molecule has 65 heavy (non-hydrogen) atoms. The standard InChI is InChI=1S/C51H60FN3O10/c1-3-28-61-40-23-24-45-43(32-40)49-41(12-6-9-27-57)37(11-5-8-26-56)31-42-44(53-65-48-13-7-10-30-62-48)33-46(51(64-45,50(42)49)63-29-4-2)54(34-36-14-19-38(52)20-15-36)47(58)25-18-35-16-21-39(22-17-35)55(59)60/h3-4,14-25,31-32,37,41,46,48-50,56-57H,1-2,5-13,26-30,33-34H2/t37-,41+,46-,48?,49+,50+,51+/m0/s1. The summed E-state index contributed by atoms with van der Waals surface area (Å²) in [6.07, 6.45) is 15.1. The van der Waals surface area contributed by atoms with Gasteiger partial charge in [-0.1, -0.05) is 54.9 Å². The fourth-order valence-electron chi connectivity index (χ4n) is 9.91. The first-order valence-electron chi connectivity index (χ1n) is 22.8. The molecule has 7 atom stereocenters. The lowest BCUT2D eigenvalue weighted by atomic mass is 9.55. The van der Waals surface area contributed by atoms with Gasteiger partial charge in [-0.2, -0.15) is 0 Å². The van der Waals surface area contributed by atoms with Crippen LogP contribution in [-0.4, -0.2) is 82.8 Å². The molecule has 2 heterocycles. The molecule has 7 rings (SSSR count). The number of aliphatic hydroxyl groups excluding tert-OH is 2. The molecule has 14 heteroatoms. The van der Waals surface area contributed by atoms with E-state index in [9.17, 15) is 24.7 Å². The first-order chi connectivity index (χ1) is 31.7. The quantitative estimate of drug-likeness (QED) is 0.0327. The van der Waals surface area contributed by atoms with E-state index in [0.717, 1.165) is 49.7 Å². The van der Waals surface area contributed by atoms with Crippen LogP contribution in [-0.2, 0) is 25.7 Å². The van der Waals surface area contributed by atoms with E-state index in [2.05, 4.69) is 19.2 Å². The van der Waals surface area contributed by atoms with Crippen LogP contribution in [0, 0.1) is 33.7 Å². The first kappa shape index (κ1) is 47.3. The summed E-state index contributed by atoms with van der Waals surface area (Å²) in [6.45, 7) is 8.92. The third kappa shape index (κ3) is 11.1. The van der Waals surface area contributed by atoms with E-state index < -0.39 is 40.7 Å². The average molecular weight is 894 g/mol. The number of nitro groups is 1. The highest BCUT2D eigenvalue weighted by atomic mass is 19.1. The van der Waals surface area contributed by atoms with Crippen molar-refractivity contribution in [1.82, 2.24) is 4.90 Å². The number of fused-ring (bicyclic) bond motifs is 2. The zero-order valence-electron chi connectivity index (χ0n) is 36.8. The van der Waals surface area contributed by atoms with Crippen LogP contribution < -0.4 is 9.47 Å². The first-order valence-corrected chi connectivity index (χ1v) is 22.8. The Hall–Kier alpha value is -5.67. The summed E-state index contributed by atoms with van der Waals surface area (Å²) in [6, 6.07) is 16.8. The molecule has 1 saturated carbocycles. The van der Waals surface area contributed by atoms with E-state index in [0.29, 0.717) is 60.8 Å². The summed E-state index contributed by atoms with van der Waals surface area (Å²) in [4.78, 5) is 34.0. The van der Waals surface area contributed by atoms with Crippen molar-refractivity contribution < 1.29 is 48.1 Å². The molecule has 0 spiro atoms. The van der Waals surface area contributed by atoms with Gasteiger partial charge in [-0.15, -0.1) is 6.58 Å². The summed E-state index contributed by atoms with van der Waals surface area (Å²) in [7, 11) is 0. The minimum atomic E-state index is -1.55. The second-order valence-electron chi connectivity index (χ2n) is 17.0. The zero-order chi connectivity index (χ0) is 45.8. The van der Waals surface area contributed by atoms with Gasteiger partial charge in [-0.25, -0.2) is 4.39 Å². The number of oxime groups is 1. The summed E-state index contributed by atoms with van der Waals surface area (Å²) >= 11 is 0. The van der Waals surface area contributed by atoms with Crippen molar-refractivity contribution in [2.45, 2.75) is 94.8 Å². The summed E-state index contributed by atoms with van der Waals surface area (Å²) < 4.78 is 41.0. The van der Waals surface area contributed by atoms with Crippen molar-refractivity contribution in [3.8, 4) is 11.5 Å². The normalized spacial score (nSPS) is 25.2. The maximum atomic E-state index is 15.1. The van der Waals surface area contributed by atoms with Gasteiger partial charge in [0.2, 0.25) is 18.0 Å². The fourth-order valence-corrected chi connectivity index (χ4v) is 9.91. The van der Waals surface area contributed by atoms with Gasteiger partial charge in [-0.3, -0.25) is 14.9 Å². The molecule has 2 fully saturated rings. The summed E-state index contributed by atoms with van der Waals surface area (Å²) in [5.41, 5.74) is 3.54. The molecule has 0 aromatic heterocycles. The minimum Gasteiger partial charge on any atom is -0.490 e. The molecule has 2 aliphatic heterocycles. The SMILES string of the molecule is C=CCOc1ccc2c(c1)[C@H]1[C@H](CCCCO)[C@@H](CCCCO)C=C3C(=NOC4CCCCO4)C[C@H](N(Cc4ccc(F)cc4)C(=O)C=Cc4ccc([N+](=O)[O-])cc4)[C@@](OCC=C)(O2)[C@H]31. The molecule has 0 radical (unpaired) electrons. The number of hydrogen-bond acceptors (Lipinski definition) is 11. The third-order valence-electron chi connectivity index (χ3n) is 12.9. The molecule has 1 unspecified atom stereocenters. The van der Waals surface area contributed by atoms with Crippen LogP contribution in [0.4, 0.5) is 10.1 Å². The maximum absolute atomic E-state index is 15.1. The molecule has 0 bridgehead atoms. The monoisotopic (exact) mass is 893 g/mol. The number of carbonyl (C=O) groups is 1. The van der Waals surface area contributed by atoms with Gasteiger partial charge in [0.25, 0.3) is 5.69 Å². The Morgan fingerprint density at radius 2 is 1.74 bits per heavy atom. The molecule has 1 amide bonds. The number of rotatable bonds is 22. The van der Waals surface area contributed by atoms with Crippen LogP contribution in [0.3, 0.4) is 0 Å². The molecule has 1 saturated heterocycles. The Kier molecular flexibility index (Phi) is 16.4. The lowest BCUT2D eigenvalue weighted by molar-refractivity contribution is -0.384. The van der Waals surface area contributed by atoms with Gasteiger partial charge in [0.1, 0.15) is 30.0 Å². The minimum absolute atomic E-state index is 0.0103. The fraction of sp³-hybridized carbons (Fsp3) is 0.451. The van der Waals surface area contributed by atoms with Crippen LogP contribution in [0.2, 0.25) is 0 Å². The van der Waals surface area contributed by atoms with Crippen molar-refractivity contribution in [2.24, 2.45) is 22.9 Å². The number of carbonyl (C=O) groups excluding carboxylic acids is 1. The van der Waals surface area contributed by atoms with E-state index in [4.69, 9.17) is 28.9 Å². The van der Waals surface area contributed by atoms with Crippen molar-refractivity contribution in [3.63, 3.8) is 0 Å². The smallest absolute Gasteiger partial charge is 0.269 e. The number of nitro benzene ring substituents is 1. The number of amides is 1. The predicted molar refractivity (Wildman–Crippen MR) is 244 cm³/mol. The van der Waals surface area contributed by atoms with Gasteiger partial charge in [0.15, 0.2) is 0 Å². The average Bonchev–Trinajstić information content (AvgIpc) is 3.32. The number of benzene rings is 3. The Bertz CT molecular complexity index is 2210. The number of unbranched alkanes of at least 4 members (excludes halogenated alkanes) is 2. The van der Waals surface area contributed by atoms with Crippen molar-refractivity contribution >= 4 is 23.4 Å². The Morgan fingerprint density at radius 3 is 2.43 bits per heavy atom. The van der Waals surface area contributed by atoms with Crippen LogP contribution in [0.5, 0.6) is 11.5 Å². The largest absolute Gasteiger partial charge is 0.490 e. The van der Waals surface area contributed by atoms with Gasteiger partial charge in [-0.05, 0) is 116 Å². The van der Waals surface area contributed by atoms with Gasteiger partial charge in [0.05, 0.1) is 29.8 Å². The molecule has 3 aromatic carbocycles. The van der Waals surface area contributed by atoms with Crippen LogP contribution in [0.15, 0.2) is 115 Å². The Balaban J connectivity index is 1.45. The lowest BCUT2D eigenvalue weighted by Gasteiger charge is -2.60. The van der Waals surface area contributed by atoms with Crippen molar-refractivity contribution in [2.75, 3.05) is 33.0 Å². The molecule has 13 nitrogen and oxygen atoms in total. The molecule has 3 aromatic rings. The zero-order valence-corrected chi connectivity index (χ0v) is 36.8. The number of halogens is 1. The highest BCUT2D eigenvalue weighted by Gasteiger charge is 2.65. The van der Waals surface area contributed by atoms with Crippen LogP contribution >= 0.6 is 0 Å². The maximum Gasteiger partial charge on any atom is 0.269 e. The van der Waals surface area contributed by atoms with Gasteiger partial charge < -0.3 is 38.9 Å². The van der Waals surface area contributed by atoms with E-state index in [1.54, 1.807) is 47.4 Å². The molecular weight excluding hydrogens is 834 g/mol. The number of hydrogen-bond donors (Lipinski definition) is 2. The summed E-state index contributed by atoms with van der Waals surface area (Å²) in [5, 5.41) is 36.2. The molecular formula is C51H60FN3O10. The van der Waals surface area contributed by atoms with E-state index in [-0.39, 0.29) is 56.2 Å². The number of ether oxygens (including phenoxy) is 4. The number of nitrogens with zero attached hydrogens (tertiary/aromatic N) is 3. The summed E-state index contributed by atoms with van der Waals surface area (Å²) in [5.74, 6) is -2.04. The van der Waals surface area contributed by atoms with Crippen LogP contribution in [0.1, 0.15) is 86.8 Å². The second kappa shape index (κ2) is 22.5. The van der Waals surface area contributed by atoms with Crippen molar-refractivity contribution in [1.29, 1.82) is 0 Å². The predicted octanol–water partition coefficient (Wildman–Crippen LogP) is 9.20. The second-order valence-corrected chi connectivity index (χ2v) is 17.0. The topological polar surface area (TPSA) is 162 Å².